The van der Waals surface area contributed by atoms with Crippen molar-refractivity contribution >= 4 is 11.6 Å². The third-order valence-electron chi connectivity index (χ3n) is 3.78. The van der Waals surface area contributed by atoms with Gasteiger partial charge in [-0.2, -0.15) is 5.10 Å². The molecule has 0 unspecified atom stereocenters. The van der Waals surface area contributed by atoms with E-state index in [0.717, 1.165) is 12.1 Å². The molecule has 2 rings (SSSR count). The Balaban J connectivity index is 1.97. The zero-order valence-corrected chi connectivity index (χ0v) is 11.6. The molecule has 0 spiro atoms. The van der Waals surface area contributed by atoms with Crippen LogP contribution in [0.5, 0.6) is 0 Å². The zero-order chi connectivity index (χ0) is 13.5. The number of amides is 1. The quantitative estimate of drug-likeness (QED) is 0.648. The van der Waals surface area contributed by atoms with Crippen LogP contribution in [0.3, 0.4) is 0 Å². The van der Waals surface area contributed by atoms with E-state index in [1.807, 2.05) is 18.2 Å². The molecular formula is C16H22N2O. The maximum absolute atomic E-state index is 11.9. The van der Waals surface area contributed by atoms with E-state index in [0.29, 0.717) is 11.5 Å². The largest absolute Gasteiger partial charge is 0.271 e. The fraction of sp³-hybridized carbons (Fsp3) is 0.500. The first-order valence-corrected chi connectivity index (χ1v) is 7.23. The molecule has 1 aromatic carbocycles. The Morgan fingerprint density at radius 3 is 2.53 bits per heavy atom. The van der Waals surface area contributed by atoms with E-state index in [1.54, 1.807) is 12.1 Å². The fourth-order valence-electron chi connectivity index (χ4n) is 2.67. The van der Waals surface area contributed by atoms with Gasteiger partial charge in [0, 0.05) is 11.3 Å². The summed E-state index contributed by atoms with van der Waals surface area (Å²) in [6, 6.07) is 9.23. The van der Waals surface area contributed by atoms with Crippen LogP contribution in [0.15, 0.2) is 35.4 Å². The molecule has 1 saturated carbocycles. The molecule has 0 bridgehead atoms. The van der Waals surface area contributed by atoms with Crippen LogP contribution in [0, 0.1) is 5.92 Å². The first-order valence-electron chi connectivity index (χ1n) is 7.23. The number of carbonyl (C=O) groups excluding carboxylic acids is 1. The lowest BCUT2D eigenvalue weighted by molar-refractivity contribution is 0.0954. The highest BCUT2D eigenvalue weighted by Gasteiger charge is 2.18. The Hall–Kier alpha value is -1.64. The zero-order valence-electron chi connectivity index (χ0n) is 11.6. The van der Waals surface area contributed by atoms with Gasteiger partial charge in [-0.3, -0.25) is 4.79 Å². The van der Waals surface area contributed by atoms with Gasteiger partial charge in [0.1, 0.15) is 0 Å². The lowest BCUT2D eigenvalue weighted by atomic mass is 9.85. The van der Waals surface area contributed by atoms with Crippen LogP contribution >= 0.6 is 0 Å². The molecule has 19 heavy (non-hydrogen) atoms. The number of hydrogen-bond donors (Lipinski definition) is 1. The highest BCUT2D eigenvalue weighted by Crippen LogP contribution is 2.25. The molecule has 1 aromatic rings. The van der Waals surface area contributed by atoms with Crippen molar-refractivity contribution in [1.82, 2.24) is 5.43 Å². The number of nitrogens with one attached hydrogen (secondary N) is 1. The maximum Gasteiger partial charge on any atom is 0.271 e. The molecule has 1 fully saturated rings. The second-order valence-corrected chi connectivity index (χ2v) is 5.10. The molecule has 1 N–H and O–H groups in total. The lowest BCUT2D eigenvalue weighted by Crippen LogP contribution is -2.24. The molecule has 0 radical (unpaired) electrons. The van der Waals surface area contributed by atoms with Crippen LogP contribution in [0.4, 0.5) is 0 Å². The van der Waals surface area contributed by atoms with Crippen LogP contribution in [0.25, 0.3) is 0 Å². The summed E-state index contributed by atoms with van der Waals surface area (Å²) in [4.78, 5) is 11.9. The topological polar surface area (TPSA) is 41.5 Å². The van der Waals surface area contributed by atoms with Crippen molar-refractivity contribution in [1.29, 1.82) is 0 Å². The van der Waals surface area contributed by atoms with Gasteiger partial charge in [-0.15, -0.1) is 0 Å². The van der Waals surface area contributed by atoms with Gasteiger partial charge in [-0.1, -0.05) is 44.4 Å². The summed E-state index contributed by atoms with van der Waals surface area (Å²) in [6.45, 7) is 2.11. The Labute approximate surface area is 115 Å². The average Bonchev–Trinajstić information content (AvgIpc) is 2.49. The molecule has 0 aromatic heterocycles. The minimum Gasteiger partial charge on any atom is -0.267 e. The van der Waals surface area contributed by atoms with Crippen molar-refractivity contribution in [2.75, 3.05) is 0 Å². The first-order chi connectivity index (χ1) is 9.31. The molecule has 0 atom stereocenters. The molecule has 0 heterocycles. The predicted octanol–water partition coefficient (Wildman–Crippen LogP) is 3.76. The minimum atomic E-state index is -0.123. The summed E-state index contributed by atoms with van der Waals surface area (Å²) in [7, 11) is 0. The fourth-order valence-corrected chi connectivity index (χ4v) is 2.67. The van der Waals surface area contributed by atoms with E-state index in [2.05, 4.69) is 17.5 Å². The van der Waals surface area contributed by atoms with Gasteiger partial charge in [0.2, 0.25) is 0 Å². The SMILES string of the molecule is CC/C(=N\NC(=O)c1ccccc1)C1CCCCC1. The van der Waals surface area contributed by atoms with Gasteiger partial charge < -0.3 is 0 Å². The normalized spacial score (nSPS) is 17.2. The molecule has 3 nitrogen and oxygen atoms in total. The van der Waals surface area contributed by atoms with Crippen LogP contribution in [-0.4, -0.2) is 11.6 Å². The monoisotopic (exact) mass is 258 g/mol. The van der Waals surface area contributed by atoms with E-state index in [-0.39, 0.29) is 5.91 Å². The highest BCUT2D eigenvalue weighted by molar-refractivity contribution is 5.95. The average molecular weight is 258 g/mol. The van der Waals surface area contributed by atoms with Gasteiger partial charge in [-0.05, 0) is 37.3 Å². The van der Waals surface area contributed by atoms with Crippen LogP contribution in [0.1, 0.15) is 55.8 Å². The van der Waals surface area contributed by atoms with Crippen molar-refractivity contribution in [3.63, 3.8) is 0 Å². The summed E-state index contributed by atoms with van der Waals surface area (Å²) in [5.74, 6) is 0.442. The van der Waals surface area contributed by atoms with Crippen molar-refractivity contribution < 1.29 is 4.79 Å². The van der Waals surface area contributed by atoms with Crippen LogP contribution in [0.2, 0.25) is 0 Å². The third kappa shape index (κ3) is 3.91. The Morgan fingerprint density at radius 1 is 1.21 bits per heavy atom. The van der Waals surface area contributed by atoms with Crippen molar-refractivity contribution in [3.8, 4) is 0 Å². The van der Waals surface area contributed by atoms with E-state index >= 15 is 0 Å². The molecule has 1 amide bonds. The number of nitrogens with zero attached hydrogens (tertiary/aromatic N) is 1. The van der Waals surface area contributed by atoms with Gasteiger partial charge in [0.05, 0.1) is 0 Å². The molecule has 102 valence electrons. The summed E-state index contributed by atoms with van der Waals surface area (Å²) in [5, 5.41) is 4.36. The number of benzene rings is 1. The summed E-state index contributed by atoms with van der Waals surface area (Å²) in [6.07, 6.45) is 7.26. The van der Waals surface area contributed by atoms with Crippen molar-refractivity contribution in [2.24, 2.45) is 11.0 Å². The number of hydrazone groups is 1. The third-order valence-corrected chi connectivity index (χ3v) is 3.78. The van der Waals surface area contributed by atoms with Gasteiger partial charge in [0.15, 0.2) is 0 Å². The number of carbonyl (C=O) groups is 1. The second-order valence-electron chi connectivity index (χ2n) is 5.10. The Bertz CT molecular complexity index is 433. The van der Waals surface area contributed by atoms with Crippen molar-refractivity contribution in [2.45, 2.75) is 45.4 Å². The standard InChI is InChI=1S/C16H22N2O/c1-2-15(13-9-5-3-6-10-13)17-18-16(19)14-11-7-4-8-12-14/h4,7-8,11-13H,2-3,5-6,9-10H2,1H3,(H,18,19)/b17-15+. The molecule has 1 aliphatic carbocycles. The maximum atomic E-state index is 11.9. The molecule has 0 aliphatic heterocycles. The van der Waals surface area contributed by atoms with Gasteiger partial charge >= 0.3 is 0 Å². The Morgan fingerprint density at radius 2 is 1.89 bits per heavy atom. The number of rotatable bonds is 4. The highest BCUT2D eigenvalue weighted by atomic mass is 16.2. The van der Waals surface area contributed by atoms with Gasteiger partial charge in [0.25, 0.3) is 5.91 Å². The lowest BCUT2D eigenvalue weighted by Gasteiger charge is -2.22. The molecule has 0 saturated heterocycles. The molecular weight excluding hydrogens is 236 g/mol. The first kappa shape index (κ1) is 13.8. The second kappa shape index (κ2) is 7.07. The van der Waals surface area contributed by atoms with E-state index in [4.69, 9.17) is 0 Å². The van der Waals surface area contributed by atoms with E-state index < -0.39 is 0 Å². The van der Waals surface area contributed by atoms with Crippen LogP contribution in [-0.2, 0) is 0 Å². The molecule has 1 aliphatic rings. The number of hydrogen-bond acceptors (Lipinski definition) is 2. The van der Waals surface area contributed by atoms with E-state index in [1.165, 1.54) is 32.1 Å². The Kier molecular flexibility index (Phi) is 5.13. The predicted molar refractivity (Wildman–Crippen MR) is 78.2 cm³/mol. The van der Waals surface area contributed by atoms with Crippen molar-refractivity contribution in [3.05, 3.63) is 35.9 Å². The minimum absolute atomic E-state index is 0.123. The van der Waals surface area contributed by atoms with Crippen LogP contribution < -0.4 is 5.43 Å². The van der Waals surface area contributed by atoms with E-state index in [9.17, 15) is 4.79 Å². The summed E-state index contributed by atoms with van der Waals surface area (Å²) in [5.41, 5.74) is 4.50. The summed E-state index contributed by atoms with van der Waals surface area (Å²) < 4.78 is 0. The smallest absolute Gasteiger partial charge is 0.267 e. The summed E-state index contributed by atoms with van der Waals surface area (Å²) >= 11 is 0. The van der Waals surface area contributed by atoms with Gasteiger partial charge in [-0.25, -0.2) is 5.43 Å². The molecule has 3 heteroatoms.